The Labute approximate surface area is 58.9 Å². The molecule has 0 rings (SSSR count). The van der Waals surface area contributed by atoms with Crippen LogP contribution in [0.3, 0.4) is 0 Å². The Balaban J connectivity index is -0.0000000800. The maximum atomic E-state index is 8.74. The van der Waals surface area contributed by atoms with Crippen molar-refractivity contribution < 1.29 is 18.9 Å². The van der Waals surface area contributed by atoms with E-state index in [0.29, 0.717) is 0 Å². The van der Waals surface area contributed by atoms with Crippen LogP contribution in [0.4, 0.5) is 0 Å². The summed E-state index contributed by atoms with van der Waals surface area (Å²) >= 11 is 0. The summed E-state index contributed by atoms with van der Waals surface area (Å²) in [5, 5.41) is 0. The molecule has 0 fully saturated rings. The average Bonchev–Trinajstić information content (AvgIpc) is 0.722. The fourth-order valence-corrected chi connectivity index (χ4v) is 0. The second-order valence-electron chi connectivity index (χ2n) is 0.448. The Kier molecular flexibility index (Phi) is 4.91. The van der Waals surface area contributed by atoms with Gasteiger partial charge in [0.05, 0.1) is 0 Å². The average molecular weight is 124 g/mol. The van der Waals surface area contributed by atoms with Crippen molar-refractivity contribution in [1.82, 2.24) is 0 Å². The molecular formula is H5NaO4S. The van der Waals surface area contributed by atoms with Gasteiger partial charge in [-0.3, -0.25) is 9.11 Å². The minimum atomic E-state index is -4.67. The van der Waals surface area contributed by atoms with E-state index in [1.54, 1.807) is 0 Å². The molecule has 6 heavy (non-hydrogen) atoms. The molecule has 0 aliphatic heterocycles. The van der Waals surface area contributed by atoms with E-state index in [-0.39, 0.29) is 31.0 Å². The number of rotatable bonds is 0. The van der Waals surface area contributed by atoms with Crippen molar-refractivity contribution >= 4 is 40.0 Å². The summed E-state index contributed by atoms with van der Waals surface area (Å²) in [5.74, 6) is 0. The first-order valence-corrected chi connectivity index (χ1v) is 2.10. The Morgan fingerprint density at radius 3 is 1.33 bits per heavy atom. The normalized spacial score (nSPS) is 9.67. The fraction of sp³-hybridized carbons (Fsp3) is 0. The zero-order valence-electron chi connectivity index (χ0n) is 2.12. The van der Waals surface area contributed by atoms with Gasteiger partial charge in [-0.15, -0.1) is 0 Å². The van der Waals surface area contributed by atoms with Gasteiger partial charge in [0.25, 0.3) is 0 Å². The second-order valence-corrected chi connectivity index (χ2v) is 1.34. The van der Waals surface area contributed by atoms with Crippen LogP contribution < -0.4 is 0 Å². The van der Waals surface area contributed by atoms with E-state index >= 15 is 0 Å². The zero-order chi connectivity index (χ0) is 4.50. The van der Waals surface area contributed by atoms with Crippen LogP contribution >= 0.6 is 0 Å². The van der Waals surface area contributed by atoms with Crippen LogP contribution in [0.2, 0.25) is 0 Å². The van der Waals surface area contributed by atoms with E-state index < -0.39 is 10.4 Å². The molecule has 0 radical (unpaired) electrons. The molecule has 0 amide bonds. The SMILES string of the molecule is O=S(=O)(O)O.[HH].[NaH]. The Morgan fingerprint density at radius 1 is 1.33 bits per heavy atom. The van der Waals surface area contributed by atoms with Gasteiger partial charge in [-0.1, -0.05) is 0 Å². The van der Waals surface area contributed by atoms with Crippen LogP contribution in [-0.4, -0.2) is 47.1 Å². The molecule has 0 heterocycles. The van der Waals surface area contributed by atoms with Gasteiger partial charge in [0.15, 0.2) is 0 Å². The van der Waals surface area contributed by atoms with Crippen LogP contribution in [0.1, 0.15) is 1.43 Å². The molecule has 2 N–H and O–H groups in total. The maximum absolute atomic E-state index is 8.74. The monoisotopic (exact) mass is 124 g/mol. The van der Waals surface area contributed by atoms with Crippen molar-refractivity contribution in [3.05, 3.63) is 0 Å². The van der Waals surface area contributed by atoms with Gasteiger partial charge < -0.3 is 0 Å². The van der Waals surface area contributed by atoms with E-state index in [1.165, 1.54) is 0 Å². The van der Waals surface area contributed by atoms with Crippen LogP contribution in [0.5, 0.6) is 0 Å². The molecule has 6 heteroatoms. The van der Waals surface area contributed by atoms with Crippen molar-refractivity contribution in [2.45, 2.75) is 0 Å². The van der Waals surface area contributed by atoms with Crippen molar-refractivity contribution in [1.29, 1.82) is 0 Å². The summed E-state index contributed by atoms with van der Waals surface area (Å²) in [6.07, 6.45) is 0. The van der Waals surface area contributed by atoms with Crippen LogP contribution in [0.15, 0.2) is 0 Å². The van der Waals surface area contributed by atoms with Gasteiger partial charge in [-0.05, 0) is 0 Å². The molecule has 0 bridgehead atoms. The first kappa shape index (κ1) is 9.98. The quantitative estimate of drug-likeness (QED) is 0.319. The third-order valence-corrected chi connectivity index (χ3v) is 0. The van der Waals surface area contributed by atoms with Gasteiger partial charge >= 0.3 is 40.0 Å². The molecule has 0 spiro atoms. The van der Waals surface area contributed by atoms with E-state index in [2.05, 4.69) is 0 Å². The van der Waals surface area contributed by atoms with Crippen molar-refractivity contribution in [2.75, 3.05) is 0 Å². The topological polar surface area (TPSA) is 74.6 Å². The van der Waals surface area contributed by atoms with E-state index in [1.807, 2.05) is 0 Å². The molecule has 0 saturated carbocycles. The molecule has 0 aromatic carbocycles. The molecule has 0 saturated heterocycles. The summed E-state index contributed by atoms with van der Waals surface area (Å²) in [6.45, 7) is 0. The summed E-state index contributed by atoms with van der Waals surface area (Å²) < 4.78 is 31.6. The minimum absolute atomic E-state index is 0. The van der Waals surface area contributed by atoms with Gasteiger partial charge in [0.1, 0.15) is 0 Å². The number of hydrogen-bond acceptors (Lipinski definition) is 2. The van der Waals surface area contributed by atoms with E-state index in [0.717, 1.165) is 0 Å². The van der Waals surface area contributed by atoms with Gasteiger partial charge in [0, 0.05) is 1.43 Å². The second kappa shape index (κ2) is 2.95. The standard InChI is InChI=1S/Na.H2O4S.H2.H/c;1-5(2,3)4;;/h;(H2,1,2,3,4);1H;. The molecule has 0 aromatic rings. The Morgan fingerprint density at radius 2 is 1.33 bits per heavy atom. The van der Waals surface area contributed by atoms with Crippen molar-refractivity contribution in [3.63, 3.8) is 0 Å². The van der Waals surface area contributed by atoms with Gasteiger partial charge in [-0.2, -0.15) is 8.42 Å². The molecular weight excluding hydrogens is 119 g/mol. The van der Waals surface area contributed by atoms with Crippen molar-refractivity contribution in [2.24, 2.45) is 0 Å². The molecule has 0 unspecified atom stereocenters. The third kappa shape index (κ3) is 96.4. The molecule has 0 aliphatic rings. The Hall–Kier alpha value is 0.870. The third-order valence-electron chi connectivity index (χ3n) is 0. The predicted octanol–water partition coefficient (Wildman–Crippen LogP) is -1.06. The number of hydrogen-bond donors (Lipinski definition) is 2. The van der Waals surface area contributed by atoms with Crippen LogP contribution in [-0.2, 0) is 10.4 Å². The molecule has 0 aromatic heterocycles. The van der Waals surface area contributed by atoms with Gasteiger partial charge in [-0.25, -0.2) is 0 Å². The van der Waals surface area contributed by atoms with Gasteiger partial charge in [0.2, 0.25) is 0 Å². The summed E-state index contributed by atoms with van der Waals surface area (Å²) in [7, 11) is -4.67. The first-order valence-electron chi connectivity index (χ1n) is 0.698. The molecule has 0 aliphatic carbocycles. The first-order chi connectivity index (χ1) is 2.00. The summed E-state index contributed by atoms with van der Waals surface area (Å²) in [5.41, 5.74) is 0. The van der Waals surface area contributed by atoms with Crippen LogP contribution in [0.25, 0.3) is 0 Å². The molecule has 4 nitrogen and oxygen atoms in total. The fourth-order valence-electron chi connectivity index (χ4n) is 0. The zero-order valence-corrected chi connectivity index (χ0v) is 2.94. The molecule has 0 atom stereocenters. The predicted molar refractivity (Wildman–Crippen MR) is 23.4 cm³/mol. The van der Waals surface area contributed by atoms with E-state index in [9.17, 15) is 0 Å². The van der Waals surface area contributed by atoms with Crippen molar-refractivity contribution in [3.8, 4) is 0 Å². The van der Waals surface area contributed by atoms with E-state index in [4.69, 9.17) is 17.5 Å². The van der Waals surface area contributed by atoms with Crippen LogP contribution in [0, 0.1) is 0 Å². The Bertz CT molecular complexity index is 94.9. The summed E-state index contributed by atoms with van der Waals surface area (Å²) in [6, 6.07) is 0. The molecule has 36 valence electrons. The summed E-state index contributed by atoms with van der Waals surface area (Å²) in [4.78, 5) is 0.